The lowest BCUT2D eigenvalue weighted by molar-refractivity contribution is 0.239. The molecule has 0 bridgehead atoms. The molecule has 0 spiro atoms. The zero-order valence-corrected chi connectivity index (χ0v) is 12.0. The molecule has 0 fully saturated rings. The summed E-state index contributed by atoms with van der Waals surface area (Å²) in [4.78, 5) is 17.1. The fourth-order valence-electron chi connectivity index (χ4n) is 2.87. The predicted octanol–water partition coefficient (Wildman–Crippen LogP) is 3.33. The first-order valence-electron chi connectivity index (χ1n) is 7.35. The van der Waals surface area contributed by atoms with E-state index in [0.717, 1.165) is 34.8 Å². The zero-order chi connectivity index (χ0) is 14.9. The van der Waals surface area contributed by atoms with E-state index in [1.54, 1.807) is 4.57 Å². The number of aromatic nitrogens is 2. The molecule has 0 radical (unpaired) electrons. The number of hydrogen-bond donors (Lipinski definition) is 1. The van der Waals surface area contributed by atoms with Crippen molar-refractivity contribution in [3.8, 4) is 22.5 Å². The molecule has 1 aliphatic rings. The van der Waals surface area contributed by atoms with E-state index in [1.807, 2.05) is 60.7 Å². The Morgan fingerprint density at radius 3 is 2.23 bits per heavy atom. The van der Waals surface area contributed by atoms with Gasteiger partial charge in [-0.15, -0.1) is 0 Å². The molecular weight excluding hydrogens is 274 g/mol. The van der Waals surface area contributed by atoms with Crippen LogP contribution in [0.1, 0.15) is 5.82 Å². The fraction of sp³-hybridized carbons (Fsp3) is 0.111. The first kappa shape index (κ1) is 12.8. The lowest BCUT2D eigenvalue weighted by atomic mass is 10.0. The van der Waals surface area contributed by atoms with E-state index in [-0.39, 0.29) is 6.03 Å². The quantitative estimate of drug-likeness (QED) is 0.786. The Kier molecular flexibility index (Phi) is 3.00. The van der Waals surface area contributed by atoms with Crippen molar-refractivity contribution in [2.24, 2.45) is 0 Å². The summed E-state index contributed by atoms with van der Waals surface area (Å²) < 4.78 is 1.71. The highest BCUT2D eigenvalue weighted by Crippen LogP contribution is 2.33. The number of carbonyl (C=O) groups excluding carboxylic acids is 1. The summed E-state index contributed by atoms with van der Waals surface area (Å²) in [7, 11) is 0. The second kappa shape index (κ2) is 5.15. The molecule has 4 nitrogen and oxygen atoms in total. The number of hydrogen-bond acceptors (Lipinski definition) is 2. The number of carbonyl (C=O) groups is 1. The van der Waals surface area contributed by atoms with Crippen molar-refractivity contribution in [3.63, 3.8) is 0 Å². The summed E-state index contributed by atoms with van der Waals surface area (Å²) in [6.07, 6.45) is 0.748. The Balaban J connectivity index is 2.01. The van der Waals surface area contributed by atoms with E-state index in [0.29, 0.717) is 6.54 Å². The molecule has 4 heteroatoms. The van der Waals surface area contributed by atoms with Crippen LogP contribution < -0.4 is 5.32 Å². The van der Waals surface area contributed by atoms with Crippen LogP contribution in [-0.4, -0.2) is 22.1 Å². The van der Waals surface area contributed by atoms with Crippen molar-refractivity contribution in [1.82, 2.24) is 14.9 Å². The standard InChI is InChI=1S/C18H15N3O/c22-18-19-12-11-15-20-16(13-7-3-1-4-8-13)17(21(15)18)14-9-5-2-6-10-14/h1-10H,11-12H2,(H,19,22). The smallest absolute Gasteiger partial charge is 0.327 e. The molecule has 2 aromatic carbocycles. The van der Waals surface area contributed by atoms with Gasteiger partial charge in [0.15, 0.2) is 0 Å². The van der Waals surface area contributed by atoms with Crippen LogP contribution in [0.15, 0.2) is 60.7 Å². The van der Waals surface area contributed by atoms with E-state index in [9.17, 15) is 4.79 Å². The van der Waals surface area contributed by atoms with Crippen molar-refractivity contribution in [2.45, 2.75) is 6.42 Å². The Hall–Kier alpha value is -2.88. The van der Waals surface area contributed by atoms with Gasteiger partial charge in [0.1, 0.15) is 5.82 Å². The van der Waals surface area contributed by atoms with Gasteiger partial charge in [0.25, 0.3) is 0 Å². The molecule has 0 saturated carbocycles. The molecule has 1 aliphatic heterocycles. The van der Waals surface area contributed by atoms with E-state index >= 15 is 0 Å². The van der Waals surface area contributed by atoms with E-state index in [4.69, 9.17) is 4.98 Å². The maximum atomic E-state index is 12.3. The number of benzene rings is 2. The van der Waals surface area contributed by atoms with Crippen LogP contribution >= 0.6 is 0 Å². The van der Waals surface area contributed by atoms with E-state index < -0.39 is 0 Å². The largest absolute Gasteiger partial charge is 0.337 e. The number of rotatable bonds is 2. The predicted molar refractivity (Wildman–Crippen MR) is 85.6 cm³/mol. The van der Waals surface area contributed by atoms with Crippen molar-refractivity contribution in [2.75, 3.05) is 6.54 Å². The van der Waals surface area contributed by atoms with Crippen molar-refractivity contribution >= 4 is 6.03 Å². The third-order valence-electron chi connectivity index (χ3n) is 3.87. The summed E-state index contributed by atoms with van der Waals surface area (Å²) in [5.74, 6) is 0.821. The zero-order valence-electron chi connectivity index (χ0n) is 12.0. The lowest BCUT2D eigenvalue weighted by Gasteiger charge is -2.16. The summed E-state index contributed by atoms with van der Waals surface area (Å²) in [6.45, 7) is 0.637. The second-order valence-corrected chi connectivity index (χ2v) is 5.27. The molecule has 22 heavy (non-hydrogen) atoms. The van der Waals surface area contributed by atoms with Crippen LogP contribution in [0.4, 0.5) is 4.79 Å². The molecule has 0 unspecified atom stereocenters. The van der Waals surface area contributed by atoms with E-state index in [2.05, 4.69) is 5.32 Å². The molecule has 1 N–H and O–H groups in total. The van der Waals surface area contributed by atoms with Gasteiger partial charge >= 0.3 is 6.03 Å². The van der Waals surface area contributed by atoms with E-state index in [1.165, 1.54) is 0 Å². The Morgan fingerprint density at radius 2 is 1.55 bits per heavy atom. The minimum absolute atomic E-state index is 0.102. The fourth-order valence-corrected chi connectivity index (χ4v) is 2.87. The number of nitrogens with one attached hydrogen (secondary N) is 1. The molecule has 0 aliphatic carbocycles. The van der Waals surface area contributed by atoms with Gasteiger partial charge in [-0.05, 0) is 0 Å². The van der Waals surface area contributed by atoms with Gasteiger partial charge in [0.05, 0.1) is 11.4 Å². The summed E-state index contributed by atoms with van der Waals surface area (Å²) in [6, 6.07) is 19.9. The van der Waals surface area contributed by atoms with Crippen molar-refractivity contribution in [1.29, 1.82) is 0 Å². The summed E-state index contributed by atoms with van der Waals surface area (Å²) >= 11 is 0. The third kappa shape index (κ3) is 2.00. The van der Waals surface area contributed by atoms with Crippen molar-refractivity contribution in [3.05, 3.63) is 66.5 Å². The van der Waals surface area contributed by atoms with Crippen LogP contribution in [-0.2, 0) is 6.42 Å². The molecule has 108 valence electrons. The summed E-state index contributed by atoms with van der Waals surface area (Å²) in [5, 5.41) is 2.90. The van der Waals surface area contributed by atoms with Crippen LogP contribution in [0, 0.1) is 0 Å². The maximum Gasteiger partial charge on any atom is 0.327 e. The SMILES string of the molecule is O=C1NCCc2nc(-c3ccccc3)c(-c3ccccc3)n21. The van der Waals surface area contributed by atoms with Gasteiger partial charge in [-0.2, -0.15) is 0 Å². The Bertz CT molecular complexity index is 822. The van der Waals surface area contributed by atoms with Crippen LogP contribution in [0.3, 0.4) is 0 Å². The molecule has 0 saturated heterocycles. The lowest BCUT2D eigenvalue weighted by Crippen LogP contribution is -2.37. The molecule has 1 amide bonds. The topological polar surface area (TPSA) is 46.9 Å². The molecule has 1 aromatic heterocycles. The molecule has 0 atom stereocenters. The van der Waals surface area contributed by atoms with Crippen LogP contribution in [0.25, 0.3) is 22.5 Å². The van der Waals surface area contributed by atoms with Gasteiger partial charge in [-0.25, -0.2) is 14.3 Å². The van der Waals surface area contributed by atoms with Crippen LogP contribution in [0.2, 0.25) is 0 Å². The van der Waals surface area contributed by atoms with Gasteiger partial charge in [-0.3, -0.25) is 0 Å². The minimum atomic E-state index is -0.102. The first-order valence-corrected chi connectivity index (χ1v) is 7.35. The third-order valence-corrected chi connectivity index (χ3v) is 3.87. The highest BCUT2D eigenvalue weighted by atomic mass is 16.2. The average molecular weight is 289 g/mol. The second-order valence-electron chi connectivity index (χ2n) is 5.27. The Morgan fingerprint density at radius 1 is 0.909 bits per heavy atom. The van der Waals surface area contributed by atoms with Crippen LogP contribution in [0.5, 0.6) is 0 Å². The maximum absolute atomic E-state index is 12.3. The molecular formula is C18H15N3O. The highest BCUT2D eigenvalue weighted by Gasteiger charge is 2.26. The molecule has 3 aromatic rings. The number of fused-ring (bicyclic) bond motifs is 1. The van der Waals surface area contributed by atoms with Crippen molar-refractivity contribution < 1.29 is 4.79 Å². The molecule has 4 rings (SSSR count). The Labute approximate surface area is 128 Å². The summed E-state index contributed by atoms with van der Waals surface area (Å²) in [5.41, 5.74) is 3.74. The molecule has 2 heterocycles. The van der Waals surface area contributed by atoms with Gasteiger partial charge in [-0.1, -0.05) is 60.7 Å². The first-order chi connectivity index (χ1) is 10.8. The van der Waals surface area contributed by atoms with Gasteiger partial charge in [0, 0.05) is 24.1 Å². The number of imidazole rings is 1. The number of amides is 1. The monoisotopic (exact) mass is 289 g/mol. The van der Waals surface area contributed by atoms with Gasteiger partial charge in [0.2, 0.25) is 0 Å². The number of nitrogens with zero attached hydrogens (tertiary/aromatic N) is 2. The highest BCUT2D eigenvalue weighted by molar-refractivity contribution is 5.90. The van der Waals surface area contributed by atoms with Gasteiger partial charge < -0.3 is 5.32 Å². The normalized spacial score (nSPS) is 13.5. The minimum Gasteiger partial charge on any atom is -0.337 e. The average Bonchev–Trinajstić information content (AvgIpc) is 2.97.